The van der Waals surface area contributed by atoms with Gasteiger partial charge < -0.3 is 14.0 Å². The van der Waals surface area contributed by atoms with Gasteiger partial charge in [-0.3, -0.25) is 18.8 Å². The van der Waals surface area contributed by atoms with Crippen molar-refractivity contribution < 1.29 is 14.3 Å². The number of ether oxygens (including phenoxy) is 2. The molecule has 2 aliphatic heterocycles. The topological polar surface area (TPSA) is 101 Å². The summed E-state index contributed by atoms with van der Waals surface area (Å²) < 4.78 is 15.4. The summed E-state index contributed by atoms with van der Waals surface area (Å²) in [6, 6.07) is 7.64. The minimum Gasteiger partial charge on any atom is -0.497 e. The Morgan fingerprint density at radius 1 is 1.03 bits per heavy atom. The van der Waals surface area contributed by atoms with E-state index in [2.05, 4.69) is 9.88 Å². The molecule has 0 saturated carbocycles. The molecule has 34 heavy (non-hydrogen) atoms. The van der Waals surface area contributed by atoms with Gasteiger partial charge in [0.2, 0.25) is 0 Å². The van der Waals surface area contributed by atoms with Gasteiger partial charge in [-0.2, -0.15) is 0 Å². The fourth-order valence-corrected chi connectivity index (χ4v) is 5.42. The zero-order valence-electron chi connectivity index (χ0n) is 19.6. The lowest BCUT2D eigenvalue weighted by atomic mass is 9.99. The quantitative estimate of drug-likeness (QED) is 0.504. The molecule has 10 heteroatoms. The number of carbonyl (C=O) groups excluding carboxylic acids is 1. The van der Waals surface area contributed by atoms with Crippen LogP contribution in [0.1, 0.15) is 36.0 Å². The Bertz CT molecular complexity index is 1320. The highest BCUT2D eigenvalue weighted by atomic mass is 16.5. The lowest BCUT2D eigenvalue weighted by molar-refractivity contribution is -0.00662. The molecule has 0 amide bonds. The van der Waals surface area contributed by atoms with Crippen LogP contribution in [0, 0.1) is 0 Å². The van der Waals surface area contributed by atoms with E-state index in [0.29, 0.717) is 41.1 Å². The summed E-state index contributed by atoms with van der Waals surface area (Å²) in [5.74, 6) is 0.403. The standard InChI is InChI=1S/C24H29N5O5/c1-26-21-20(22(30)27(2)24(26)32)28(14-25-21)10-11-29-16-6-7-17(29)13-19(12-16)34-23(31)15-4-8-18(33-3)9-5-15/h4-5,8-9,14,16-17,19H,6-7,10-13H2,1-3H3. The van der Waals surface area contributed by atoms with E-state index in [1.54, 1.807) is 44.8 Å². The van der Waals surface area contributed by atoms with Crippen LogP contribution in [-0.2, 0) is 25.4 Å². The molecule has 10 nitrogen and oxygen atoms in total. The molecule has 0 spiro atoms. The normalized spacial score (nSPS) is 22.3. The van der Waals surface area contributed by atoms with E-state index in [0.717, 1.165) is 36.8 Å². The number of esters is 1. The fourth-order valence-electron chi connectivity index (χ4n) is 5.42. The predicted molar refractivity (Wildman–Crippen MR) is 125 cm³/mol. The Hall–Kier alpha value is -3.40. The molecule has 1 aromatic carbocycles. The van der Waals surface area contributed by atoms with Crippen molar-refractivity contribution in [1.29, 1.82) is 0 Å². The highest BCUT2D eigenvalue weighted by molar-refractivity contribution is 5.89. The molecule has 0 N–H and O–H groups in total. The highest BCUT2D eigenvalue weighted by Gasteiger charge is 2.41. The number of fused-ring (bicyclic) bond motifs is 3. The maximum Gasteiger partial charge on any atom is 0.338 e. The number of methoxy groups -OCH3 is 1. The minimum absolute atomic E-state index is 0.0979. The van der Waals surface area contributed by atoms with E-state index in [-0.39, 0.29) is 23.3 Å². The van der Waals surface area contributed by atoms with E-state index >= 15 is 0 Å². The van der Waals surface area contributed by atoms with Crippen LogP contribution in [0.25, 0.3) is 11.2 Å². The third-order valence-electron chi connectivity index (χ3n) is 7.26. The monoisotopic (exact) mass is 467 g/mol. The smallest absolute Gasteiger partial charge is 0.338 e. The SMILES string of the molecule is COc1ccc(C(=O)OC2CC3CCC(C2)N3CCn2cnc3c2c(=O)n(C)c(=O)n3C)cc1. The first-order valence-electron chi connectivity index (χ1n) is 11.6. The Kier molecular flexibility index (Phi) is 5.76. The molecule has 2 aliphatic rings. The van der Waals surface area contributed by atoms with Crippen molar-refractivity contribution >= 4 is 17.1 Å². The second-order valence-corrected chi connectivity index (χ2v) is 9.17. The van der Waals surface area contributed by atoms with Crippen molar-refractivity contribution in [3.05, 3.63) is 57.0 Å². The highest BCUT2D eigenvalue weighted by Crippen LogP contribution is 2.37. The van der Waals surface area contributed by atoms with Crippen LogP contribution in [0.15, 0.2) is 40.2 Å². The number of piperidine rings is 1. The number of nitrogens with zero attached hydrogens (tertiary/aromatic N) is 5. The number of rotatable bonds is 6. The summed E-state index contributed by atoms with van der Waals surface area (Å²) >= 11 is 0. The van der Waals surface area contributed by atoms with E-state index in [4.69, 9.17) is 9.47 Å². The Labute approximate surface area is 196 Å². The molecule has 2 bridgehead atoms. The van der Waals surface area contributed by atoms with Crippen molar-refractivity contribution in [2.24, 2.45) is 14.1 Å². The lowest BCUT2D eigenvalue weighted by Gasteiger charge is -2.38. The Morgan fingerprint density at radius 2 is 1.71 bits per heavy atom. The second-order valence-electron chi connectivity index (χ2n) is 9.17. The number of carbonyl (C=O) groups is 1. The summed E-state index contributed by atoms with van der Waals surface area (Å²) in [6.07, 6.45) is 5.29. The van der Waals surface area contributed by atoms with Gasteiger partial charge in [0.25, 0.3) is 5.56 Å². The molecule has 5 rings (SSSR count). The first-order valence-corrected chi connectivity index (χ1v) is 11.6. The van der Waals surface area contributed by atoms with Gasteiger partial charge >= 0.3 is 11.7 Å². The summed E-state index contributed by atoms with van der Waals surface area (Å²) in [4.78, 5) is 44.2. The predicted octanol–water partition coefficient (Wildman–Crippen LogP) is 1.29. The zero-order valence-corrected chi connectivity index (χ0v) is 19.6. The van der Waals surface area contributed by atoms with E-state index < -0.39 is 0 Å². The molecule has 2 aromatic heterocycles. The molecule has 2 unspecified atom stereocenters. The number of aryl methyl sites for hydroxylation is 1. The number of aromatic nitrogens is 4. The van der Waals surface area contributed by atoms with Crippen LogP contribution in [-0.4, -0.2) is 61.4 Å². The van der Waals surface area contributed by atoms with E-state index in [1.807, 2.05) is 4.57 Å². The maximum absolute atomic E-state index is 12.7. The molecule has 180 valence electrons. The average Bonchev–Trinajstić information content (AvgIpc) is 3.37. The minimum atomic E-state index is -0.382. The first-order chi connectivity index (χ1) is 16.4. The van der Waals surface area contributed by atoms with Crippen LogP contribution in [0.3, 0.4) is 0 Å². The Morgan fingerprint density at radius 3 is 2.35 bits per heavy atom. The van der Waals surface area contributed by atoms with Gasteiger partial charge in [-0.25, -0.2) is 14.6 Å². The van der Waals surface area contributed by atoms with Crippen molar-refractivity contribution in [2.75, 3.05) is 13.7 Å². The van der Waals surface area contributed by atoms with Gasteiger partial charge in [-0.1, -0.05) is 0 Å². The van der Waals surface area contributed by atoms with E-state index in [9.17, 15) is 14.4 Å². The number of hydrogen-bond acceptors (Lipinski definition) is 7. The molecule has 0 radical (unpaired) electrons. The van der Waals surface area contributed by atoms with Gasteiger partial charge in [0, 0.05) is 52.1 Å². The lowest BCUT2D eigenvalue weighted by Crippen LogP contribution is -2.47. The van der Waals surface area contributed by atoms with Crippen LogP contribution >= 0.6 is 0 Å². The van der Waals surface area contributed by atoms with Crippen molar-refractivity contribution in [3.8, 4) is 5.75 Å². The molecule has 0 aliphatic carbocycles. The first kappa shape index (κ1) is 22.4. The molecule has 2 saturated heterocycles. The average molecular weight is 468 g/mol. The van der Waals surface area contributed by atoms with Gasteiger partial charge in [-0.05, 0) is 37.1 Å². The van der Waals surface area contributed by atoms with Crippen LogP contribution in [0.4, 0.5) is 0 Å². The molecular formula is C24H29N5O5. The summed E-state index contributed by atoms with van der Waals surface area (Å²) in [5, 5.41) is 0. The molecule has 2 atom stereocenters. The van der Waals surface area contributed by atoms with Crippen LogP contribution in [0.2, 0.25) is 0 Å². The third-order valence-corrected chi connectivity index (χ3v) is 7.26. The molecule has 2 fully saturated rings. The largest absolute Gasteiger partial charge is 0.497 e. The molecular weight excluding hydrogens is 438 g/mol. The molecule has 4 heterocycles. The van der Waals surface area contributed by atoms with Gasteiger partial charge in [0.15, 0.2) is 11.2 Å². The summed E-state index contributed by atoms with van der Waals surface area (Å²) in [7, 11) is 4.70. The number of benzene rings is 1. The molecule has 3 aromatic rings. The fraction of sp³-hybridized carbons (Fsp3) is 0.500. The van der Waals surface area contributed by atoms with Gasteiger partial charge in [-0.15, -0.1) is 0 Å². The number of hydrogen-bond donors (Lipinski definition) is 0. The van der Waals surface area contributed by atoms with Gasteiger partial charge in [0.05, 0.1) is 19.0 Å². The summed E-state index contributed by atoms with van der Waals surface area (Å²) in [5.41, 5.74) is 0.661. The van der Waals surface area contributed by atoms with E-state index in [1.165, 1.54) is 11.6 Å². The van der Waals surface area contributed by atoms with Crippen molar-refractivity contribution in [2.45, 2.75) is 50.4 Å². The van der Waals surface area contributed by atoms with Crippen molar-refractivity contribution in [3.63, 3.8) is 0 Å². The zero-order chi connectivity index (χ0) is 24.0. The third kappa shape index (κ3) is 3.81. The maximum atomic E-state index is 12.7. The van der Waals surface area contributed by atoms with Crippen LogP contribution < -0.4 is 16.0 Å². The Balaban J connectivity index is 1.24. The number of imidazole rings is 1. The van der Waals surface area contributed by atoms with Crippen LogP contribution in [0.5, 0.6) is 5.75 Å². The summed E-state index contributed by atoms with van der Waals surface area (Å²) in [6.45, 7) is 1.37. The second kappa shape index (κ2) is 8.75. The van der Waals surface area contributed by atoms with Crippen molar-refractivity contribution in [1.82, 2.24) is 23.6 Å². The van der Waals surface area contributed by atoms with Gasteiger partial charge in [0.1, 0.15) is 11.9 Å².